The molecule has 1 saturated carbocycles. The standard InChI is InChI=1S/C9H17NO2.Li/c10-8(9(11)12)6-7-4-2-1-3-5-7;/h7-8H,1-6,10H2,(H,11,12);/q;+1/p-1/t8-;/m0./s1. The first-order valence-corrected chi connectivity index (χ1v) is 4.66. The van der Waals surface area contributed by atoms with Gasteiger partial charge in [-0.15, -0.1) is 0 Å². The molecule has 70 valence electrons. The van der Waals surface area contributed by atoms with Crippen molar-refractivity contribution in [3.63, 3.8) is 0 Å². The summed E-state index contributed by atoms with van der Waals surface area (Å²) in [7, 11) is 0. The molecule has 2 N–H and O–H groups in total. The molecule has 1 aliphatic carbocycles. The van der Waals surface area contributed by atoms with Gasteiger partial charge in [0.15, 0.2) is 0 Å². The number of carbonyl (C=O) groups is 1. The van der Waals surface area contributed by atoms with Gasteiger partial charge in [-0.05, 0) is 12.3 Å². The fourth-order valence-electron chi connectivity index (χ4n) is 1.88. The summed E-state index contributed by atoms with van der Waals surface area (Å²) < 4.78 is 0. The van der Waals surface area contributed by atoms with Gasteiger partial charge in [-0.2, -0.15) is 0 Å². The third-order valence-electron chi connectivity index (χ3n) is 2.61. The molecule has 0 aromatic carbocycles. The minimum atomic E-state index is -1.11. The van der Waals surface area contributed by atoms with Crippen LogP contribution >= 0.6 is 0 Å². The van der Waals surface area contributed by atoms with E-state index in [9.17, 15) is 9.90 Å². The van der Waals surface area contributed by atoms with E-state index in [-0.39, 0.29) is 18.9 Å². The van der Waals surface area contributed by atoms with Gasteiger partial charge < -0.3 is 15.6 Å². The van der Waals surface area contributed by atoms with Gasteiger partial charge in [0.2, 0.25) is 0 Å². The van der Waals surface area contributed by atoms with Crippen molar-refractivity contribution in [2.45, 2.75) is 44.6 Å². The number of nitrogens with two attached hydrogens (primary N) is 1. The molecule has 0 spiro atoms. The van der Waals surface area contributed by atoms with E-state index in [1.54, 1.807) is 0 Å². The molecule has 3 nitrogen and oxygen atoms in total. The zero-order valence-electron chi connectivity index (χ0n) is 8.29. The van der Waals surface area contributed by atoms with Crippen LogP contribution in [0.1, 0.15) is 38.5 Å². The van der Waals surface area contributed by atoms with Gasteiger partial charge in [0.25, 0.3) is 0 Å². The quantitative estimate of drug-likeness (QED) is 0.468. The van der Waals surface area contributed by atoms with Crippen molar-refractivity contribution < 1.29 is 28.8 Å². The number of aliphatic carboxylic acids is 1. The maximum atomic E-state index is 10.3. The number of carboxylic acid groups (broad SMARTS) is 1. The number of carbonyl (C=O) groups excluding carboxylic acids is 1. The normalized spacial score (nSPS) is 20.4. The predicted molar refractivity (Wildman–Crippen MR) is 44.2 cm³/mol. The van der Waals surface area contributed by atoms with Gasteiger partial charge >= 0.3 is 18.9 Å². The third-order valence-corrected chi connectivity index (χ3v) is 2.61. The van der Waals surface area contributed by atoms with Crippen molar-refractivity contribution in [2.75, 3.05) is 0 Å². The average molecular weight is 177 g/mol. The first kappa shape index (κ1) is 13.0. The molecule has 0 amide bonds. The van der Waals surface area contributed by atoms with E-state index in [4.69, 9.17) is 5.73 Å². The summed E-state index contributed by atoms with van der Waals surface area (Å²) in [6, 6.07) is -0.756. The van der Waals surface area contributed by atoms with Gasteiger partial charge in [-0.25, -0.2) is 0 Å². The fourth-order valence-corrected chi connectivity index (χ4v) is 1.88. The van der Waals surface area contributed by atoms with Crippen LogP contribution in [0.15, 0.2) is 0 Å². The van der Waals surface area contributed by atoms with Crippen molar-refractivity contribution >= 4 is 5.97 Å². The SMILES string of the molecule is N[C@@H](CC1CCCCC1)C(=O)[O-].[Li+]. The smallest absolute Gasteiger partial charge is 0.548 e. The topological polar surface area (TPSA) is 66.2 Å². The molecule has 1 atom stereocenters. The van der Waals surface area contributed by atoms with E-state index in [2.05, 4.69) is 0 Å². The van der Waals surface area contributed by atoms with E-state index < -0.39 is 12.0 Å². The molecule has 0 heterocycles. The Kier molecular flexibility index (Phi) is 6.49. The Bertz CT molecular complexity index is 158. The zero-order valence-corrected chi connectivity index (χ0v) is 8.29. The summed E-state index contributed by atoms with van der Waals surface area (Å²) in [5.41, 5.74) is 5.39. The molecule has 0 radical (unpaired) electrons. The Hall–Kier alpha value is 0.0274. The van der Waals surface area contributed by atoms with Crippen LogP contribution in [0, 0.1) is 5.92 Å². The Balaban J connectivity index is 0.00000144. The number of hydrogen-bond acceptors (Lipinski definition) is 3. The van der Waals surface area contributed by atoms with Crippen molar-refractivity contribution in [2.24, 2.45) is 11.7 Å². The van der Waals surface area contributed by atoms with Crippen LogP contribution < -0.4 is 29.7 Å². The second-order valence-electron chi connectivity index (χ2n) is 3.67. The zero-order chi connectivity index (χ0) is 8.97. The Labute approximate surface area is 91.2 Å². The van der Waals surface area contributed by atoms with Gasteiger partial charge in [0, 0.05) is 6.04 Å². The minimum Gasteiger partial charge on any atom is -0.548 e. The summed E-state index contributed by atoms with van der Waals surface area (Å²) in [6.07, 6.45) is 6.62. The monoisotopic (exact) mass is 177 g/mol. The van der Waals surface area contributed by atoms with E-state index in [0.717, 1.165) is 12.8 Å². The van der Waals surface area contributed by atoms with Gasteiger partial charge in [-0.3, -0.25) is 0 Å². The predicted octanol–water partition coefficient (Wildman–Crippen LogP) is -2.96. The molecular weight excluding hydrogens is 161 g/mol. The van der Waals surface area contributed by atoms with Crippen molar-refractivity contribution in [1.29, 1.82) is 0 Å². The summed E-state index contributed by atoms with van der Waals surface area (Å²) >= 11 is 0. The second kappa shape index (κ2) is 6.48. The van der Waals surface area contributed by atoms with E-state index in [0.29, 0.717) is 12.3 Å². The Morgan fingerprint density at radius 2 is 1.92 bits per heavy atom. The van der Waals surface area contributed by atoms with Crippen LogP contribution in [-0.2, 0) is 4.79 Å². The van der Waals surface area contributed by atoms with Crippen molar-refractivity contribution in [3.8, 4) is 0 Å². The van der Waals surface area contributed by atoms with E-state index in [1.807, 2.05) is 0 Å². The third kappa shape index (κ3) is 4.71. The maximum Gasteiger partial charge on any atom is 1.00 e. The molecule has 0 bridgehead atoms. The van der Waals surface area contributed by atoms with Crippen LogP contribution in [0.4, 0.5) is 0 Å². The molecule has 1 aliphatic rings. The maximum absolute atomic E-state index is 10.3. The Morgan fingerprint density at radius 1 is 1.38 bits per heavy atom. The summed E-state index contributed by atoms with van der Waals surface area (Å²) in [5.74, 6) is -0.591. The minimum absolute atomic E-state index is 0. The summed E-state index contributed by atoms with van der Waals surface area (Å²) in [4.78, 5) is 10.3. The summed E-state index contributed by atoms with van der Waals surface area (Å²) in [6.45, 7) is 0. The van der Waals surface area contributed by atoms with Crippen LogP contribution in [0.3, 0.4) is 0 Å². The molecule has 4 heteroatoms. The van der Waals surface area contributed by atoms with Gasteiger partial charge in [0.1, 0.15) is 0 Å². The van der Waals surface area contributed by atoms with Crippen LogP contribution in [0.2, 0.25) is 0 Å². The molecule has 0 aliphatic heterocycles. The van der Waals surface area contributed by atoms with E-state index in [1.165, 1.54) is 19.3 Å². The number of rotatable bonds is 3. The molecule has 13 heavy (non-hydrogen) atoms. The largest absolute Gasteiger partial charge is 1.00 e. The first-order chi connectivity index (χ1) is 5.70. The molecule has 0 aromatic heterocycles. The molecule has 0 unspecified atom stereocenters. The molecule has 0 saturated heterocycles. The Morgan fingerprint density at radius 3 is 2.38 bits per heavy atom. The number of carboxylic acids is 1. The summed E-state index contributed by atoms with van der Waals surface area (Å²) in [5, 5.41) is 10.3. The van der Waals surface area contributed by atoms with E-state index >= 15 is 0 Å². The van der Waals surface area contributed by atoms with Crippen molar-refractivity contribution in [3.05, 3.63) is 0 Å². The first-order valence-electron chi connectivity index (χ1n) is 4.66. The molecule has 0 aromatic rings. The number of hydrogen-bond donors (Lipinski definition) is 1. The van der Waals surface area contributed by atoms with Crippen LogP contribution in [-0.4, -0.2) is 12.0 Å². The molecular formula is C9H16LiNO2. The fraction of sp³-hybridized carbons (Fsp3) is 0.889. The van der Waals surface area contributed by atoms with Crippen molar-refractivity contribution in [1.82, 2.24) is 0 Å². The second-order valence-corrected chi connectivity index (χ2v) is 3.67. The van der Waals surface area contributed by atoms with Gasteiger partial charge in [0.05, 0.1) is 5.97 Å². The molecule has 1 rings (SSSR count). The van der Waals surface area contributed by atoms with Crippen LogP contribution in [0.25, 0.3) is 0 Å². The van der Waals surface area contributed by atoms with Crippen LogP contribution in [0.5, 0.6) is 0 Å². The van der Waals surface area contributed by atoms with Gasteiger partial charge in [-0.1, -0.05) is 32.1 Å². The molecule has 1 fully saturated rings. The average Bonchev–Trinajstić information content (AvgIpc) is 2.06.